The molecule has 1 aromatic heterocycles. The molecule has 0 atom stereocenters. The van der Waals surface area contributed by atoms with Gasteiger partial charge >= 0.3 is 0 Å². The van der Waals surface area contributed by atoms with Crippen LogP contribution >= 0.6 is 11.3 Å². The van der Waals surface area contributed by atoms with Crippen LogP contribution in [0.1, 0.15) is 23.5 Å². The van der Waals surface area contributed by atoms with Crippen molar-refractivity contribution < 1.29 is 9.53 Å². The molecule has 1 aliphatic rings. The maximum absolute atomic E-state index is 10.8. The second kappa shape index (κ2) is 3.20. The molecule has 0 bridgehead atoms. The maximum Gasteiger partial charge on any atom is 0.132 e. The smallest absolute Gasteiger partial charge is 0.132 e. The van der Waals surface area contributed by atoms with Gasteiger partial charge < -0.3 is 9.53 Å². The lowest BCUT2D eigenvalue weighted by Gasteiger charge is -1.99. The van der Waals surface area contributed by atoms with Gasteiger partial charge in [-0.25, -0.2) is 4.98 Å². The molecule has 1 aromatic rings. The zero-order valence-electron chi connectivity index (χ0n) is 7.45. The van der Waals surface area contributed by atoms with E-state index in [-0.39, 0.29) is 5.41 Å². The fraction of sp³-hybridized carbons (Fsp3) is 0.556. The molecular formula is C9H11NO2S. The standard InChI is InChI=1S/C9H11NO2S/c1-12-4-8-10-7(5-13-8)9(6-11)2-3-9/h5-6H,2-4H2,1H3. The van der Waals surface area contributed by atoms with Gasteiger partial charge in [-0.3, -0.25) is 0 Å². The molecule has 0 spiro atoms. The highest BCUT2D eigenvalue weighted by molar-refractivity contribution is 7.09. The molecular weight excluding hydrogens is 186 g/mol. The van der Waals surface area contributed by atoms with Crippen molar-refractivity contribution in [1.29, 1.82) is 0 Å². The molecule has 13 heavy (non-hydrogen) atoms. The van der Waals surface area contributed by atoms with Gasteiger partial charge in [0.2, 0.25) is 0 Å². The summed E-state index contributed by atoms with van der Waals surface area (Å²) in [6, 6.07) is 0. The van der Waals surface area contributed by atoms with Crippen LogP contribution in [-0.4, -0.2) is 18.4 Å². The molecule has 0 unspecified atom stereocenters. The van der Waals surface area contributed by atoms with Crippen molar-refractivity contribution in [3.05, 3.63) is 16.1 Å². The van der Waals surface area contributed by atoms with Gasteiger partial charge in [-0.05, 0) is 12.8 Å². The summed E-state index contributed by atoms with van der Waals surface area (Å²) in [6.07, 6.45) is 2.93. The fourth-order valence-electron chi connectivity index (χ4n) is 1.30. The first-order chi connectivity index (χ1) is 6.30. The Morgan fingerprint density at radius 3 is 3.08 bits per heavy atom. The first-order valence-corrected chi connectivity index (χ1v) is 5.09. The Balaban J connectivity index is 2.17. The second-order valence-corrected chi connectivity index (χ2v) is 4.28. The molecule has 2 rings (SSSR count). The lowest BCUT2D eigenvalue weighted by Crippen LogP contribution is -2.08. The van der Waals surface area contributed by atoms with Crippen molar-refractivity contribution in [3.8, 4) is 0 Å². The van der Waals surface area contributed by atoms with Crippen LogP contribution in [0.4, 0.5) is 0 Å². The van der Waals surface area contributed by atoms with E-state index in [1.54, 1.807) is 18.4 Å². The first-order valence-electron chi connectivity index (χ1n) is 4.21. The Morgan fingerprint density at radius 2 is 2.54 bits per heavy atom. The minimum Gasteiger partial charge on any atom is -0.378 e. The number of methoxy groups -OCH3 is 1. The molecule has 1 heterocycles. The Labute approximate surface area is 80.8 Å². The summed E-state index contributed by atoms with van der Waals surface area (Å²) in [5.74, 6) is 0. The number of carbonyl (C=O) groups excluding carboxylic acids is 1. The summed E-state index contributed by atoms with van der Waals surface area (Å²) >= 11 is 1.56. The second-order valence-electron chi connectivity index (χ2n) is 3.33. The van der Waals surface area contributed by atoms with Crippen LogP contribution in [0.5, 0.6) is 0 Å². The average molecular weight is 197 g/mol. The van der Waals surface area contributed by atoms with Crippen molar-refractivity contribution in [3.63, 3.8) is 0 Å². The van der Waals surface area contributed by atoms with E-state index < -0.39 is 0 Å². The quantitative estimate of drug-likeness (QED) is 0.687. The fourth-order valence-corrected chi connectivity index (χ4v) is 2.17. The van der Waals surface area contributed by atoms with Crippen LogP contribution < -0.4 is 0 Å². The number of thiazole rings is 1. The zero-order chi connectivity index (χ0) is 9.31. The van der Waals surface area contributed by atoms with Crippen molar-refractivity contribution in [2.75, 3.05) is 7.11 Å². The van der Waals surface area contributed by atoms with Gasteiger partial charge in [-0.15, -0.1) is 11.3 Å². The summed E-state index contributed by atoms with van der Waals surface area (Å²) < 4.78 is 4.97. The third-order valence-electron chi connectivity index (χ3n) is 2.34. The number of hydrogen-bond acceptors (Lipinski definition) is 4. The Hall–Kier alpha value is -0.740. The van der Waals surface area contributed by atoms with E-state index in [9.17, 15) is 4.79 Å². The minimum atomic E-state index is -0.234. The summed E-state index contributed by atoms with van der Waals surface area (Å²) in [5, 5.41) is 2.92. The molecule has 0 N–H and O–H groups in total. The van der Waals surface area contributed by atoms with Crippen LogP contribution in [0.2, 0.25) is 0 Å². The molecule has 0 aromatic carbocycles. The predicted octanol–water partition coefficient (Wildman–Crippen LogP) is 1.52. The van der Waals surface area contributed by atoms with E-state index in [1.807, 2.05) is 5.38 Å². The number of ether oxygens (including phenoxy) is 1. The lowest BCUT2D eigenvalue weighted by atomic mass is 10.1. The highest BCUT2D eigenvalue weighted by atomic mass is 32.1. The third-order valence-corrected chi connectivity index (χ3v) is 3.17. The number of hydrogen-bond donors (Lipinski definition) is 0. The summed E-state index contributed by atoms with van der Waals surface area (Å²) in [4.78, 5) is 15.2. The van der Waals surface area contributed by atoms with E-state index in [2.05, 4.69) is 4.98 Å². The predicted molar refractivity (Wildman–Crippen MR) is 49.8 cm³/mol. The van der Waals surface area contributed by atoms with Gasteiger partial charge in [0, 0.05) is 12.5 Å². The van der Waals surface area contributed by atoms with Gasteiger partial charge in [0.1, 0.15) is 11.3 Å². The molecule has 0 aliphatic heterocycles. The molecule has 0 saturated heterocycles. The minimum absolute atomic E-state index is 0.234. The van der Waals surface area contributed by atoms with Gasteiger partial charge in [-0.1, -0.05) is 0 Å². The average Bonchev–Trinajstić information content (AvgIpc) is 2.82. The van der Waals surface area contributed by atoms with Crippen molar-refractivity contribution in [2.24, 2.45) is 0 Å². The van der Waals surface area contributed by atoms with Crippen molar-refractivity contribution in [1.82, 2.24) is 4.98 Å². The SMILES string of the molecule is COCc1nc(C2(C=O)CC2)cs1. The molecule has 0 amide bonds. The van der Waals surface area contributed by atoms with E-state index in [0.29, 0.717) is 6.61 Å². The Bertz CT molecular complexity index is 317. The van der Waals surface area contributed by atoms with E-state index in [1.165, 1.54) is 0 Å². The highest BCUT2D eigenvalue weighted by Gasteiger charge is 2.46. The first kappa shape index (κ1) is 8.84. The van der Waals surface area contributed by atoms with E-state index in [4.69, 9.17) is 4.74 Å². The van der Waals surface area contributed by atoms with Crippen LogP contribution in [0, 0.1) is 0 Å². The van der Waals surface area contributed by atoms with Gasteiger partial charge in [0.05, 0.1) is 17.7 Å². The molecule has 1 fully saturated rings. The Kier molecular flexibility index (Phi) is 2.17. The topological polar surface area (TPSA) is 39.2 Å². The van der Waals surface area contributed by atoms with Crippen LogP contribution in [0.3, 0.4) is 0 Å². The van der Waals surface area contributed by atoms with E-state index in [0.717, 1.165) is 29.8 Å². The van der Waals surface area contributed by atoms with Crippen LogP contribution in [0.15, 0.2) is 5.38 Å². The lowest BCUT2D eigenvalue weighted by molar-refractivity contribution is -0.109. The molecule has 1 aliphatic carbocycles. The number of rotatable bonds is 4. The number of carbonyl (C=O) groups is 1. The molecule has 3 nitrogen and oxygen atoms in total. The summed E-state index contributed by atoms with van der Waals surface area (Å²) in [6.45, 7) is 0.541. The number of aromatic nitrogens is 1. The van der Waals surface area contributed by atoms with Gasteiger partial charge in [0.25, 0.3) is 0 Å². The normalized spacial score (nSPS) is 18.5. The summed E-state index contributed by atoms with van der Waals surface area (Å²) in [7, 11) is 1.65. The molecule has 4 heteroatoms. The van der Waals surface area contributed by atoms with Gasteiger partial charge in [-0.2, -0.15) is 0 Å². The van der Waals surface area contributed by atoms with Crippen LogP contribution in [0.25, 0.3) is 0 Å². The molecule has 70 valence electrons. The molecule has 1 saturated carbocycles. The third kappa shape index (κ3) is 1.51. The number of aldehydes is 1. The highest BCUT2D eigenvalue weighted by Crippen LogP contribution is 2.46. The van der Waals surface area contributed by atoms with Crippen LogP contribution in [-0.2, 0) is 21.6 Å². The van der Waals surface area contributed by atoms with Crippen molar-refractivity contribution >= 4 is 17.6 Å². The van der Waals surface area contributed by atoms with Gasteiger partial charge in [0.15, 0.2) is 0 Å². The zero-order valence-corrected chi connectivity index (χ0v) is 8.26. The largest absolute Gasteiger partial charge is 0.378 e. The Morgan fingerprint density at radius 1 is 1.77 bits per heavy atom. The van der Waals surface area contributed by atoms with Crippen molar-refractivity contribution in [2.45, 2.75) is 24.9 Å². The van der Waals surface area contributed by atoms with E-state index >= 15 is 0 Å². The monoisotopic (exact) mass is 197 g/mol. The maximum atomic E-state index is 10.8. The number of nitrogens with zero attached hydrogens (tertiary/aromatic N) is 1. The summed E-state index contributed by atoms with van der Waals surface area (Å²) in [5.41, 5.74) is 0.696. The molecule has 0 radical (unpaired) electrons.